The number of hydrogen-bond donors (Lipinski definition) is 2. The molecule has 1 saturated heterocycles. The molecule has 1 saturated carbocycles. The summed E-state index contributed by atoms with van der Waals surface area (Å²) in [5, 5.41) is 11.0. The monoisotopic (exact) mass is 248 g/mol. The largest absolute Gasteiger partial charge is 0.310 e. The lowest BCUT2D eigenvalue weighted by Gasteiger charge is -2.32. The Morgan fingerprint density at radius 2 is 1.94 bits per heavy atom. The van der Waals surface area contributed by atoms with Gasteiger partial charge in [-0.25, -0.2) is 0 Å². The molecule has 0 bridgehead atoms. The van der Waals surface area contributed by atoms with Gasteiger partial charge in [-0.1, -0.05) is 0 Å². The number of hydrogen-bond acceptors (Lipinski definition) is 3. The first-order chi connectivity index (χ1) is 8.74. The van der Waals surface area contributed by atoms with Gasteiger partial charge in [0.25, 0.3) is 0 Å². The second kappa shape index (κ2) is 5.02. The molecule has 3 rings (SSSR count). The van der Waals surface area contributed by atoms with Crippen molar-refractivity contribution in [3.63, 3.8) is 0 Å². The zero-order chi connectivity index (χ0) is 12.5. The van der Waals surface area contributed by atoms with Gasteiger partial charge < -0.3 is 10.2 Å². The van der Waals surface area contributed by atoms with Crippen LogP contribution in [-0.4, -0.2) is 40.3 Å². The number of piperidine rings is 1. The van der Waals surface area contributed by atoms with Crippen LogP contribution < -0.4 is 5.32 Å². The highest BCUT2D eigenvalue weighted by atomic mass is 15.2. The van der Waals surface area contributed by atoms with Crippen LogP contribution in [0.1, 0.15) is 42.6 Å². The highest BCUT2D eigenvalue weighted by molar-refractivity contribution is 5.22. The second-order valence-corrected chi connectivity index (χ2v) is 5.83. The molecule has 1 aromatic heterocycles. The van der Waals surface area contributed by atoms with Crippen LogP contribution in [0.15, 0.2) is 0 Å². The lowest BCUT2D eigenvalue weighted by Crippen LogP contribution is -2.43. The van der Waals surface area contributed by atoms with Crippen molar-refractivity contribution in [2.45, 2.75) is 58.2 Å². The molecule has 2 aliphatic rings. The Hall–Kier alpha value is -0.870. The highest BCUT2D eigenvalue weighted by Gasteiger charge is 2.31. The summed E-state index contributed by atoms with van der Waals surface area (Å²) in [5.41, 5.74) is 3.69. The number of aryl methyl sites for hydroxylation is 2. The van der Waals surface area contributed by atoms with Crippen molar-refractivity contribution in [2.24, 2.45) is 0 Å². The molecule has 1 aromatic rings. The molecule has 100 valence electrons. The molecule has 1 aliphatic carbocycles. The normalized spacial score (nSPS) is 22.6. The Morgan fingerprint density at radius 1 is 1.22 bits per heavy atom. The molecule has 18 heavy (non-hydrogen) atoms. The summed E-state index contributed by atoms with van der Waals surface area (Å²) in [4.78, 5) is 2.67. The molecule has 0 radical (unpaired) electrons. The number of aromatic amines is 1. The second-order valence-electron chi connectivity index (χ2n) is 5.83. The number of likely N-dealkylation sites (tertiary alicyclic amines) is 1. The van der Waals surface area contributed by atoms with E-state index in [0.717, 1.165) is 18.3 Å². The molecule has 2 heterocycles. The minimum atomic E-state index is 0.689. The summed E-state index contributed by atoms with van der Waals surface area (Å²) < 4.78 is 0. The lowest BCUT2D eigenvalue weighted by atomic mass is 10.0. The molecule has 0 spiro atoms. The van der Waals surface area contributed by atoms with E-state index < -0.39 is 0 Å². The van der Waals surface area contributed by atoms with Gasteiger partial charge in [0.1, 0.15) is 0 Å². The molecular weight excluding hydrogens is 224 g/mol. The van der Waals surface area contributed by atoms with Crippen molar-refractivity contribution in [3.05, 3.63) is 17.0 Å². The highest BCUT2D eigenvalue weighted by Crippen LogP contribution is 2.29. The minimum absolute atomic E-state index is 0.689. The molecule has 0 amide bonds. The van der Waals surface area contributed by atoms with Gasteiger partial charge in [-0.2, -0.15) is 5.10 Å². The van der Waals surface area contributed by atoms with E-state index in [2.05, 4.69) is 34.3 Å². The zero-order valence-electron chi connectivity index (χ0n) is 11.5. The van der Waals surface area contributed by atoms with Crippen LogP contribution in [0.2, 0.25) is 0 Å². The molecular formula is C14H24N4. The first kappa shape index (κ1) is 12.2. The average molecular weight is 248 g/mol. The quantitative estimate of drug-likeness (QED) is 0.853. The van der Waals surface area contributed by atoms with Crippen molar-refractivity contribution < 1.29 is 0 Å². The Labute approximate surface area is 109 Å². The Morgan fingerprint density at radius 3 is 2.50 bits per heavy atom. The molecule has 4 nitrogen and oxygen atoms in total. The van der Waals surface area contributed by atoms with E-state index in [1.54, 1.807) is 0 Å². The first-order valence-electron chi connectivity index (χ1n) is 7.22. The number of nitrogens with one attached hydrogen (secondary N) is 2. The van der Waals surface area contributed by atoms with Gasteiger partial charge in [0.15, 0.2) is 0 Å². The number of H-pyrrole nitrogens is 1. The summed E-state index contributed by atoms with van der Waals surface area (Å²) in [6.45, 7) is 7.71. The average Bonchev–Trinajstić information content (AvgIpc) is 3.17. The summed E-state index contributed by atoms with van der Waals surface area (Å²) in [5.74, 6) is 0. The van der Waals surface area contributed by atoms with E-state index >= 15 is 0 Å². The summed E-state index contributed by atoms with van der Waals surface area (Å²) in [6.07, 6.45) is 5.47. The van der Waals surface area contributed by atoms with E-state index in [0.29, 0.717) is 6.04 Å². The van der Waals surface area contributed by atoms with Crippen molar-refractivity contribution in [1.29, 1.82) is 0 Å². The van der Waals surface area contributed by atoms with Gasteiger partial charge in [-0.15, -0.1) is 0 Å². The Kier molecular flexibility index (Phi) is 3.39. The Balaban J connectivity index is 1.46. The third-order valence-electron chi connectivity index (χ3n) is 4.44. The molecule has 0 atom stereocenters. The predicted molar refractivity (Wildman–Crippen MR) is 72.5 cm³/mol. The zero-order valence-corrected chi connectivity index (χ0v) is 11.5. The third-order valence-corrected chi connectivity index (χ3v) is 4.44. The van der Waals surface area contributed by atoms with Gasteiger partial charge in [0.05, 0.1) is 5.69 Å². The van der Waals surface area contributed by atoms with Crippen molar-refractivity contribution in [1.82, 2.24) is 20.4 Å². The van der Waals surface area contributed by atoms with Crippen LogP contribution in [-0.2, 0) is 6.54 Å². The van der Waals surface area contributed by atoms with Crippen molar-refractivity contribution in [3.8, 4) is 0 Å². The standard InChI is InChI=1S/C14H24N4/c1-10-14(11(2)17-16-10)9-15-12-5-7-18(8-6-12)13-3-4-13/h12-13,15H,3-9H2,1-2H3,(H,16,17). The smallest absolute Gasteiger partial charge is 0.0638 e. The molecule has 4 heteroatoms. The fourth-order valence-corrected chi connectivity index (χ4v) is 2.99. The van der Waals surface area contributed by atoms with Crippen LogP contribution in [0.4, 0.5) is 0 Å². The maximum Gasteiger partial charge on any atom is 0.0638 e. The van der Waals surface area contributed by atoms with Gasteiger partial charge in [0, 0.05) is 29.9 Å². The minimum Gasteiger partial charge on any atom is -0.310 e. The van der Waals surface area contributed by atoms with Crippen LogP contribution >= 0.6 is 0 Å². The molecule has 0 unspecified atom stereocenters. The van der Waals surface area contributed by atoms with E-state index in [1.165, 1.54) is 50.0 Å². The number of nitrogens with zero attached hydrogens (tertiary/aromatic N) is 2. The summed E-state index contributed by atoms with van der Waals surface area (Å²) >= 11 is 0. The van der Waals surface area contributed by atoms with Crippen molar-refractivity contribution >= 4 is 0 Å². The van der Waals surface area contributed by atoms with E-state index in [-0.39, 0.29) is 0 Å². The SMILES string of the molecule is Cc1n[nH]c(C)c1CNC1CCN(C2CC2)CC1. The van der Waals surface area contributed by atoms with E-state index in [1.807, 2.05) is 0 Å². The predicted octanol–water partition coefficient (Wildman–Crippen LogP) is 1.74. The first-order valence-corrected chi connectivity index (χ1v) is 7.22. The van der Waals surface area contributed by atoms with Crippen molar-refractivity contribution in [2.75, 3.05) is 13.1 Å². The lowest BCUT2D eigenvalue weighted by molar-refractivity contribution is 0.189. The summed E-state index contributed by atoms with van der Waals surface area (Å²) in [6, 6.07) is 1.62. The third kappa shape index (κ3) is 2.59. The maximum atomic E-state index is 4.25. The Bertz CT molecular complexity index is 380. The summed E-state index contributed by atoms with van der Waals surface area (Å²) in [7, 11) is 0. The maximum absolute atomic E-state index is 4.25. The molecule has 1 aliphatic heterocycles. The number of aromatic nitrogens is 2. The van der Waals surface area contributed by atoms with Gasteiger partial charge in [-0.3, -0.25) is 5.10 Å². The van der Waals surface area contributed by atoms with Gasteiger partial charge in [-0.05, 0) is 52.6 Å². The van der Waals surface area contributed by atoms with Crippen LogP contribution in [0.3, 0.4) is 0 Å². The van der Waals surface area contributed by atoms with Crippen LogP contribution in [0.5, 0.6) is 0 Å². The fourth-order valence-electron chi connectivity index (χ4n) is 2.99. The van der Waals surface area contributed by atoms with E-state index in [9.17, 15) is 0 Å². The molecule has 2 N–H and O–H groups in total. The molecule has 0 aromatic carbocycles. The topological polar surface area (TPSA) is 44.0 Å². The van der Waals surface area contributed by atoms with Gasteiger partial charge in [0.2, 0.25) is 0 Å². The van der Waals surface area contributed by atoms with Crippen LogP contribution in [0.25, 0.3) is 0 Å². The van der Waals surface area contributed by atoms with Gasteiger partial charge >= 0.3 is 0 Å². The molecule has 2 fully saturated rings. The number of rotatable bonds is 4. The van der Waals surface area contributed by atoms with Crippen LogP contribution in [0, 0.1) is 13.8 Å². The fraction of sp³-hybridized carbons (Fsp3) is 0.786. The van der Waals surface area contributed by atoms with E-state index in [4.69, 9.17) is 0 Å².